The topological polar surface area (TPSA) is 59.6 Å². The molecule has 0 aliphatic carbocycles. The molecule has 5 nitrogen and oxygen atoms in total. The van der Waals surface area contributed by atoms with Crippen molar-refractivity contribution in [3.8, 4) is 0 Å². The van der Waals surface area contributed by atoms with Crippen LogP contribution in [-0.2, 0) is 9.31 Å². The van der Waals surface area contributed by atoms with Crippen LogP contribution in [0.2, 0.25) is 5.02 Å². The Labute approximate surface area is 169 Å². The highest BCUT2D eigenvalue weighted by atomic mass is 35.5. The Kier molecular flexibility index (Phi) is 5.45. The fourth-order valence-corrected chi connectivity index (χ4v) is 3.03. The second-order valence-electron chi connectivity index (χ2n) is 7.84. The van der Waals surface area contributed by atoms with E-state index >= 15 is 0 Å². The number of nitrogens with one attached hydrogen (secondary N) is 2. The maximum Gasteiger partial charge on any atom is 0.495 e. The third kappa shape index (κ3) is 4.02. The molecule has 0 radical (unpaired) electrons. The van der Waals surface area contributed by atoms with Gasteiger partial charge in [-0.3, -0.25) is 0 Å². The Balaban J connectivity index is 1.82. The largest absolute Gasteiger partial charge is 0.495 e. The molecule has 1 aliphatic rings. The summed E-state index contributed by atoms with van der Waals surface area (Å²) < 4.78 is 26.6. The Morgan fingerprint density at radius 1 is 1.04 bits per heavy atom. The molecule has 148 valence electrons. The summed E-state index contributed by atoms with van der Waals surface area (Å²) in [6, 6.07) is 9.09. The molecule has 0 aromatic heterocycles. The van der Waals surface area contributed by atoms with Crippen molar-refractivity contribution in [2.24, 2.45) is 0 Å². The molecule has 1 aliphatic heterocycles. The van der Waals surface area contributed by atoms with E-state index in [1.54, 1.807) is 37.3 Å². The standard InChI is InChI=1S/C20H23BClFN2O3/c1-12-10-15(23)17(25-18(26)24-16-9-7-6-8-14(16)22)11-13(12)21-27-19(2,3)20(4,5)28-21/h6-11H,1-5H3,(H2,24,25,26). The molecular formula is C20H23BClFN2O3. The first kappa shape index (κ1) is 20.6. The number of hydrogen-bond donors (Lipinski definition) is 2. The second-order valence-corrected chi connectivity index (χ2v) is 8.24. The quantitative estimate of drug-likeness (QED) is 0.727. The van der Waals surface area contributed by atoms with E-state index in [4.69, 9.17) is 20.9 Å². The van der Waals surface area contributed by atoms with Crippen molar-refractivity contribution in [2.75, 3.05) is 10.6 Å². The van der Waals surface area contributed by atoms with Gasteiger partial charge in [0.2, 0.25) is 0 Å². The van der Waals surface area contributed by atoms with Crippen LogP contribution in [0, 0.1) is 12.7 Å². The molecule has 28 heavy (non-hydrogen) atoms. The number of anilines is 2. The van der Waals surface area contributed by atoms with Crippen LogP contribution >= 0.6 is 11.6 Å². The summed E-state index contributed by atoms with van der Waals surface area (Å²) in [5.41, 5.74) is 0.752. The molecule has 1 heterocycles. The van der Waals surface area contributed by atoms with Gasteiger partial charge >= 0.3 is 13.1 Å². The summed E-state index contributed by atoms with van der Waals surface area (Å²) in [7, 11) is -0.655. The highest BCUT2D eigenvalue weighted by Crippen LogP contribution is 2.37. The lowest BCUT2D eigenvalue weighted by Gasteiger charge is -2.32. The molecule has 0 spiro atoms. The molecule has 8 heteroatoms. The van der Waals surface area contributed by atoms with Gasteiger partial charge in [0.25, 0.3) is 0 Å². The van der Waals surface area contributed by atoms with Crippen LogP contribution in [0.1, 0.15) is 33.3 Å². The minimum atomic E-state index is -0.655. The molecule has 1 saturated heterocycles. The molecule has 1 fully saturated rings. The van der Waals surface area contributed by atoms with Crippen molar-refractivity contribution in [3.05, 3.63) is 52.8 Å². The molecule has 0 saturated carbocycles. The summed E-state index contributed by atoms with van der Waals surface area (Å²) in [6.07, 6.45) is 0. The summed E-state index contributed by atoms with van der Waals surface area (Å²) >= 11 is 6.04. The van der Waals surface area contributed by atoms with Crippen LogP contribution in [0.25, 0.3) is 0 Å². The minimum absolute atomic E-state index is 0.0277. The molecule has 2 N–H and O–H groups in total. The van der Waals surface area contributed by atoms with Gasteiger partial charge in [0.15, 0.2) is 0 Å². The van der Waals surface area contributed by atoms with E-state index in [0.29, 0.717) is 21.7 Å². The van der Waals surface area contributed by atoms with E-state index in [-0.39, 0.29) is 5.69 Å². The predicted octanol–water partition coefficient (Wildman–Crippen LogP) is 4.73. The first-order valence-electron chi connectivity index (χ1n) is 8.98. The Hall–Kier alpha value is -2.09. The first-order valence-corrected chi connectivity index (χ1v) is 9.36. The minimum Gasteiger partial charge on any atom is -0.399 e. The van der Waals surface area contributed by atoms with E-state index in [2.05, 4.69) is 10.6 Å². The molecular weight excluding hydrogens is 381 g/mol. The van der Waals surface area contributed by atoms with Crippen molar-refractivity contribution in [1.29, 1.82) is 0 Å². The van der Waals surface area contributed by atoms with Crippen LogP contribution in [-0.4, -0.2) is 24.4 Å². The predicted molar refractivity (Wildman–Crippen MR) is 111 cm³/mol. The van der Waals surface area contributed by atoms with Gasteiger partial charge in [-0.05, 0) is 69.9 Å². The number of hydrogen-bond acceptors (Lipinski definition) is 3. The summed E-state index contributed by atoms with van der Waals surface area (Å²) in [6.45, 7) is 9.56. The van der Waals surface area contributed by atoms with E-state index in [9.17, 15) is 9.18 Å². The number of benzene rings is 2. The lowest BCUT2D eigenvalue weighted by Crippen LogP contribution is -2.41. The molecule has 2 aromatic carbocycles. The van der Waals surface area contributed by atoms with Gasteiger partial charge in [0, 0.05) is 0 Å². The SMILES string of the molecule is Cc1cc(F)c(NC(=O)Nc2ccccc2Cl)cc1B1OC(C)(C)C(C)(C)O1. The summed E-state index contributed by atoms with van der Waals surface area (Å²) in [5, 5.41) is 5.52. The van der Waals surface area contributed by atoms with Crippen molar-refractivity contribution < 1.29 is 18.5 Å². The van der Waals surface area contributed by atoms with Gasteiger partial charge in [-0.2, -0.15) is 0 Å². The summed E-state index contributed by atoms with van der Waals surface area (Å²) in [5.74, 6) is -0.549. The first-order chi connectivity index (χ1) is 13.0. The number of carbonyl (C=O) groups excluding carboxylic acids is 1. The van der Waals surface area contributed by atoms with Crippen LogP contribution in [0.15, 0.2) is 36.4 Å². The number of halogens is 2. The molecule has 2 amide bonds. The maximum atomic E-state index is 14.4. The van der Waals surface area contributed by atoms with Crippen molar-refractivity contribution >= 4 is 41.6 Å². The lowest BCUT2D eigenvalue weighted by molar-refractivity contribution is 0.00578. The molecule has 3 rings (SSSR count). The van der Waals surface area contributed by atoms with Gasteiger partial charge < -0.3 is 19.9 Å². The third-order valence-electron chi connectivity index (χ3n) is 5.23. The second kappa shape index (κ2) is 7.39. The Morgan fingerprint density at radius 2 is 1.61 bits per heavy atom. The van der Waals surface area contributed by atoms with Crippen LogP contribution in [0.3, 0.4) is 0 Å². The maximum absolute atomic E-state index is 14.4. The number of amides is 2. The van der Waals surface area contributed by atoms with Crippen molar-refractivity contribution in [2.45, 2.75) is 45.8 Å². The normalized spacial score (nSPS) is 17.5. The van der Waals surface area contributed by atoms with Crippen LogP contribution in [0.4, 0.5) is 20.6 Å². The number of para-hydroxylation sites is 1. The van der Waals surface area contributed by atoms with Crippen LogP contribution < -0.4 is 16.1 Å². The highest BCUT2D eigenvalue weighted by molar-refractivity contribution is 6.62. The lowest BCUT2D eigenvalue weighted by atomic mass is 9.76. The zero-order valence-electron chi connectivity index (χ0n) is 16.5. The molecule has 0 unspecified atom stereocenters. The third-order valence-corrected chi connectivity index (χ3v) is 5.56. The molecule has 0 atom stereocenters. The van der Waals surface area contributed by atoms with E-state index < -0.39 is 30.2 Å². The zero-order valence-corrected chi connectivity index (χ0v) is 17.3. The Morgan fingerprint density at radius 3 is 2.21 bits per heavy atom. The van der Waals surface area contributed by atoms with E-state index in [1.807, 2.05) is 27.7 Å². The number of aryl methyl sites for hydroxylation is 1. The van der Waals surface area contributed by atoms with Gasteiger partial charge in [0.1, 0.15) is 5.82 Å². The van der Waals surface area contributed by atoms with Gasteiger partial charge in [0.05, 0.1) is 27.6 Å². The van der Waals surface area contributed by atoms with Crippen LogP contribution in [0.5, 0.6) is 0 Å². The number of carbonyl (C=O) groups is 1. The zero-order chi connectivity index (χ0) is 20.7. The number of rotatable bonds is 3. The average Bonchev–Trinajstić information content (AvgIpc) is 2.80. The van der Waals surface area contributed by atoms with E-state index in [0.717, 1.165) is 0 Å². The Bertz CT molecular complexity index is 904. The van der Waals surface area contributed by atoms with Gasteiger partial charge in [-0.15, -0.1) is 0 Å². The van der Waals surface area contributed by atoms with Crippen molar-refractivity contribution in [3.63, 3.8) is 0 Å². The molecule has 2 aromatic rings. The number of urea groups is 1. The van der Waals surface area contributed by atoms with Gasteiger partial charge in [-0.1, -0.05) is 23.7 Å². The monoisotopic (exact) mass is 404 g/mol. The summed E-state index contributed by atoms with van der Waals surface area (Å²) in [4.78, 5) is 12.3. The molecule has 0 bridgehead atoms. The van der Waals surface area contributed by atoms with E-state index in [1.165, 1.54) is 6.07 Å². The fraction of sp³-hybridized carbons (Fsp3) is 0.350. The van der Waals surface area contributed by atoms with Crippen molar-refractivity contribution in [1.82, 2.24) is 0 Å². The average molecular weight is 405 g/mol. The fourth-order valence-electron chi connectivity index (χ4n) is 2.85. The smallest absolute Gasteiger partial charge is 0.399 e. The van der Waals surface area contributed by atoms with Gasteiger partial charge in [-0.25, -0.2) is 9.18 Å². The highest BCUT2D eigenvalue weighted by Gasteiger charge is 2.52.